The van der Waals surface area contributed by atoms with E-state index in [1.165, 1.54) is 0 Å². The van der Waals surface area contributed by atoms with Crippen LogP contribution in [0.3, 0.4) is 0 Å². The van der Waals surface area contributed by atoms with Gasteiger partial charge in [0.1, 0.15) is 0 Å². The predicted molar refractivity (Wildman–Crippen MR) is 67.7 cm³/mol. The van der Waals surface area contributed by atoms with Crippen LogP contribution in [0.1, 0.15) is 20.8 Å². The zero-order chi connectivity index (χ0) is 13.0. The lowest BCUT2D eigenvalue weighted by atomic mass is 10.2. The summed E-state index contributed by atoms with van der Waals surface area (Å²) in [5, 5.41) is 0.745. The van der Waals surface area contributed by atoms with Gasteiger partial charge < -0.3 is 15.4 Å². The lowest BCUT2D eigenvalue weighted by Crippen LogP contribution is -2.53. The lowest BCUT2D eigenvalue weighted by Gasteiger charge is -2.35. The summed E-state index contributed by atoms with van der Waals surface area (Å²) in [6.45, 7) is 7.34. The minimum Gasteiger partial charge on any atom is -0.464 e. The summed E-state index contributed by atoms with van der Waals surface area (Å²) in [5.41, 5.74) is 5.60. The van der Waals surface area contributed by atoms with Gasteiger partial charge in [0.2, 0.25) is 0 Å². The molecule has 1 rings (SSSR count). The van der Waals surface area contributed by atoms with Crippen LogP contribution in [0.2, 0.25) is 0 Å². The highest BCUT2D eigenvalue weighted by Crippen LogP contribution is 2.24. The average Bonchev–Trinajstić information content (AvgIpc) is 2.26. The second-order valence-electron chi connectivity index (χ2n) is 4.23. The minimum atomic E-state index is -1.18. The van der Waals surface area contributed by atoms with E-state index < -0.39 is 12.0 Å². The molecule has 3 atom stereocenters. The van der Waals surface area contributed by atoms with Crippen molar-refractivity contribution in [3.8, 4) is 0 Å². The molecule has 1 amide bonds. The Hall–Kier alpha value is -0.750. The quantitative estimate of drug-likeness (QED) is 0.581. The van der Waals surface area contributed by atoms with E-state index in [1.54, 1.807) is 11.8 Å². The van der Waals surface area contributed by atoms with E-state index in [0.717, 1.165) is 0 Å². The summed E-state index contributed by atoms with van der Waals surface area (Å²) < 4.78 is 4.75. The van der Waals surface area contributed by atoms with Crippen molar-refractivity contribution in [2.75, 3.05) is 19.7 Å². The molecular formula is C11H20N2O3S. The maximum absolute atomic E-state index is 12.0. The van der Waals surface area contributed by atoms with Crippen molar-refractivity contribution in [2.45, 2.75) is 37.3 Å². The molecule has 1 aliphatic heterocycles. The Bertz CT molecular complexity index is 288. The predicted octanol–water partition coefficient (Wildman–Crippen LogP) is 0.229. The van der Waals surface area contributed by atoms with Gasteiger partial charge in [0.15, 0.2) is 6.04 Å². The molecule has 0 bridgehead atoms. The number of hydrogen-bond acceptors (Lipinski definition) is 5. The fraction of sp³-hybridized carbons (Fsp3) is 0.818. The maximum Gasteiger partial charge on any atom is 0.332 e. The summed E-state index contributed by atoms with van der Waals surface area (Å²) in [7, 11) is 0. The number of esters is 1. The fourth-order valence-electron chi connectivity index (χ4n) is 1.89. The molecule has 0 saturated carbocycles. The Morgan fingerprint density at radius 1 is 1.41 bits per heavy atom. The Morgan fingerprint density at radius 2 is 1.94 bits per heavy atom. The summed E-state index contributed by atoms with van der Waals surface area (Å²) in [6, 6.07) is -1.18. The molecule has 1 saturated heterocycles. The van der Waals surface area contributed by atoms with Crippen molar-refractivity contribution >= 4 is 23.6 Å². The molecule has 0 radical (unpaired) electrons. The van der Waals surface area contributed by atoms with Crippen molar-refractivity contribution in [3.05, 3.63) is 0 Å². The Morgan fingerprint density at radius 3 is 2.41 bits per heavy atom. The van der Waals surface area contributed by atoms with Crippen LogP contribution in [0, 0.1) is 0 Å². The first kappa shape index (κ1) is 14.3. The van der Waals surface area contributed by atoms with Crippen LogP contribution < -0.4 is 5.73 Å². The Kier molecular flexibility index (Phi) is 5.27. The van der Waals surface area contributed by atoms with Crippen LogP contribution >= 0.6 is 11.8 Å². The maximum atomic E-state index is 12.0. The number of nitrogens with two attached hydrogens (primary N) is 1. The topological polar surface area (TPSA) is 72.6 Å². The first-order chi connectivity index (χ1) is 7.95. The van der Waals surface area contributed by atoms with Crippen LogP contribution in [0.4, 0.5) is 0 Å². The smallest absolute Gasteiger partial charge is 0.332 e. The standard InChI is InChI=1S/C11H20N2O3S/c1-4-16-11(15)9(12)10(14)13-5-7(2)17-8(3)6-13/h7-9H,4-6,12H2,1-3H3. The number of ether oxygens (including phenoxy) is 1. The number of amides is 1. The van der Waals surface area contributed by atoms with Crippen molar-refractivity contribution in [1.29, 1.82) is 0 Å². The molecule has 17 heavy (non-hydrogen) atoms. The van der Waals surface area contributed by atoms with Crippen LogP contribution in [0.25, 0.3) is 0 Å². The SMILES string of the molecule is CCOC(=O)C(N)C(=O)N1CC(C)SC(C)C1. The molecule has 0 aromatic rings. The molecule has 0 aromatic carbocycles. The highest BCUT2D eigenvalue weighted by molar-refractivity contribution is 8.00. The minimum absolute atomic E-state index is 0.239. The van der Waals surface area contributed by atoms with Gasteiger partial charge in [-0.3, -0.25) is 4.79 Å². The Balaban J connectivity index is 2.59. The van der Waals surface area contributed by atoms with E-state index in [0.29, 0.717) is 23.6 Å². The van der Waals surface area contributed by atoms with Crippen molar-refractivity contribution in [3.63, 3.8) is 0 Å². The molecule has 1 aliphatic rings. The van der Waals surface area contributed by atoms with Gasteiger partial charge in [0.05, 0.1) is 6.61 Å². The normalized spacial score (nSPS) is 26.5. The van der Waals surface area contributed by atoms with Gasteiger partial charge in [-0.15, -0.1) is 0 Å². The molecule has 5 nitrogen and oxygen atoms in total. The number of thioether (sulfide) groups is 1. The third-order valence-electron chi connectivity index (χ3n) is 2.54. The van der Waals surface area contributed by atoms with Gasteiger partial charge in [-0.1, -0.05) is 13.8 Å². The van der Waals surface area contributed by atoms with Gasteiger partial charge in [-0.2, -0.15) is 11.8 Å². The van der Waals surface area contributed by atoms with E-state index in [1.807, 2.05) is 11.8 Å². The summed E-state index contributed by atoms with van der Waals surface area (Å²) in [6.07, 6.45) is 0. The lowest BCUT2D eigenvalue weighted by molar-refractivity contribution is -0.151. The molecule has 1 heterocycles. The Labute approximate surface area is 106 Å². The number of hydrogen-bond donors (Lipinski definition) is 1. The monoisotopic (exact) mass is 260 g/mol. The molecule has 0 spiro atoms. The highest BCUT2D eigenvalue weighted by Gasteiger charge is 2.32. The van der Waals surface area contributed by atoms with Crippen molar-refractivity contribution < 1.29 is 14.3 Å². The van der Waals surface area contributed by atoms with E-state index in [9.17, 15) is 9.59 Å². The summed E-state index contributed by atoms with van der Waals surface area (Å²) in [4.78, 5) is 25.0. The molecule has 98 valence electrons. The van der Waals surface area contributed by atoms with E-state index >= 15 is 0 Å². The van der Waals surface area contributed by atoms with Gasteiger partial charge in [0, 0.05) is 23.6 Å². The molecule has 3 unspecified atom stereocenters. The zero-order valence-corrected chi connectivity index (χ0v) is 11.3. The second-order valence-corrected chi connectivity index (χ2v) is 6.11. The fourth-order valence-corrected chi connectivity index (χ4v) is 3.21. The largest absolute Gasteiger partial charge is 0.464 e. The molecular weight excluding hydrogens is 240 g/mol. The first-order valence-electron chi connectivity index (χ1n) is 5.82. The zero-order valence-electron chi connectivity index (χ0n) is 10.5. The first-order valence-corrected chi connectivity index (χ1v) is 6.76. The van der Waals surface area contributed by atoms with E-state index in [-0.39, 0.29) is 12.5 Å². The van der Waals surface area contributed by atoms with Crippen molar-refractivity contribution in [2.24, 2.45) is 5.73 Å². The van der Waals surface area contributed by atoms with Gasteiger partial charge >= 0.3 is 5.97 Å². The van der Waals surface area contributed by atoms with E-state index in [4.69, 9.17) is 10.5 Å². The van der Waals surface area contributed by atoms with Crippen LogP contribution in [0.5, 0.6) is 0 Å². The highest BCUT2D eigenvalue weighted by atomic mass is 32.2. The van der Waals surface area contributed by atoms with Crippen molar-refractivity contribution in [1.82, 2.24) is 4.90 Å². The van der Waals surface area contributed by atoms with Gasteiger partial charge in [-0.25, -0.2) is 4.79 Å². The molecule has 0 aromatic heterocycles. The third-order valence-corrected chi connectivity index (χ3v) is 3.77. The van der Waals surface area contributed by atoms with E-state index in [2.05, 4.69) is 13.8 Å². The molecule has 6 heteroatoms. The molecule has 0 aliphatic carbocycles. The van der Waals surface area contributed by atoms with Crippen LogP contribution in [-0.4, -0.2) is 53.0 Å². The number of carbonyl (C=O) groups is 2. The van der Waals surface area contributed by atoms with Gasteiger partial charge in [-0.05, 0) is 6.92 Å². The number of nitrogens with zero attached hydrogens (tertiary/aromatic N) is 1. The average molecular weight is 260 g/mol. The number of carbonyl (C=O) groups excluding carboxylic acids is 2. The summed E-state index contributed by atoms with van der Waals surface area (Å²) >= 11 is 1.84. The third kappa shape index (κ3) is 3.89. The van der Waals surface area contributed by atoms with Crippen LogP contribution in [0.15, 0.2) is 0 Å². The number of rotatable bonds is 3. The van der Waals surface area contributed by atoms with Crippen LogP contribution in [-0.2, 0) is 14.3 Å². The second kappa shape index (κ2) is 6.26. The molecule has 1 fully saturated rings. The molecule has 2 N–H and O–H groups in total. The van der Waals surface area contributed by atoms with Gasteiger partial charge in [0.25, 0.3) is 5.91 Å². The summed E-state index contributed by atoms with van der Waals surface area (Å²) in [5.74, 6) is -0.974.